The Morgan fingerprint density at radius 2 is 0.972 bits per heavy atom. The molecule has 3 aromatic carbocycles. The summed E-state index contributed by atoms with van der Waals surface area (Å²) in [5.41, 5.74) is 4.85. The predicted octanol–water partition coefficient (Wildman–Crippen LogP) is 6.55. The van der Waals surface area contributed by atoms with Crippen LogP contribution in [0.4, 0.5) is 0 Å². The standard InChI is InChI=1S/C32H30O4/c1-5-21(3)29-17-25(15-27(19-33)31(29)35)13-11-23-7-9-24(10-8-23)12-14-26-16-28(20-34)32(36)30(18-26)22(4)6-2/h7-10,15-22,35-36H,5-6H2,1-4H3/t21-,22-/m0/s1. The second-order valence-electron chi connectivity index (χ2n) is 8.94. The molecule has 0 saturated heterocycles. The lowest BCUT2D eigenvalue weighted by Crippen LogP contribution is -1.97. The maximum absolute atomic E-state index is 11.4. The molecule has 2 N–H and O–H groups in total. The molecule has 0 aliphatic heterocycles. The lowest BCUT2D eigenvalue weighted by atomic mass is 9.93. The molecule has 0 spiro atoms. The highest BCUT2D eigenvalue weighted by Crippen LogP contribution is 2.32. The van der Waals surface area contributed by atoms with Crippen LogP contribution >= 0.6 is 0 Å². The summed E-state index contributed by atoms with van der Waals surface area (Å²) in [6.45, 7) is 8.06. The molecule has 2 atom stereocenters. The average molecular weight is 479 g/mol. The Morgan fingerprint density at radius 3 is 1.28 bits per heavy atom. The molecule has 0 aromatic heterocycles. The minimum absolute atomic E-state index is 0.0259. The Kier molecular flexibility index (Phi) is 8.71. The van der Waals surface area contributed by atoms with Gasteiger partial charge in [0.1, 0.15) is 11.5 Å². The van der Waals surface area contributed by atoms with Crippen molar-refractivity contribution < 1.29 is 19.8 Å². The summed E-state index contributed by atoms with van der Waals surface area (Å²) in [7, 11) is 0. The van der Waals surface area contributed by atoms with E-state index >= 15 is 0 Å². The smallest absolute Gasteiger partial charge is 0.153 e. The molecule has 3 aromatic rings. The molecule has 182 valence electrons. The van der Waals surface area contributed by atoms with E-state index in [1.54, 1.807) is 12.1 Å². The van der Waals surface area contributed by atoms with Gasteiger partial charge in [-0.05, 0) is 84.3 Å². The Bertz CT molecular complexity index is 1280. The van der Waals surface area contributed by atoms with Crippen LogP contribution in [0.3, 0.4) is 0 Å². The molecule has 36 heavy (non-hydrogen) atoms. The number of carbonyl (C=O) groups excluding carboxylic acids is 2. The molecule has 4 heteroatoms. The summed E-state index contributed by atoms with van der Waals surface area (Å²) in [5.74, 6) is 12.7. The Labute approximate surface area is 213 Å². The van der Waals surface area contributed by atoms with E-state index in [0.717, 1.165) is 35.1 Å². The third-order valence-corrected chi connectivity index (χ3v) is 6.47. The lowest BCUT2D eigenvalue weighted by molar-refractivity contribution is 0.111. The topological polar surface area (TPSA) is 74.6 Å². The first-order valence-electron chi connectivity index (χ1n) is 12.1. The molecule has 0 fully saturated rings. The van der Waals surface area contributed by atoms with Gasteiger partial charge >= 0.3 is 0 Å². The van der Waals surface area contributed by atoms with Crippen molar-refractivity contribution in [3.8, 4) is 35.2 Å². The Morgan fingerprint density at radius 1 is 0.639 bits per heavy atom. The lowest BCUT2D eigenvalue weighted by Gasteiger charge is -2.13. The van der Waals surface area contributed by atoms with Gasteiger partial charge in [0.15, 0.2) is 12.6 Å². The third-order valence-electron chi connectivity index (χ3n) is 6.47. The zero-order chi connectivity index (χ0) is 26.2. The van der Waals surface area contributed by atoms with E-state index in [1.807, 2.05) is 64.1 Å². The number of hydrogen-bond acceptors (Lipinski definition) is 4. The van der Waals surface area contributed by atoms with Gasteiger partial charge in [-0.25, -0.2) is 0 Å². The summed E-state index contributed by atoms with van der Waals surface area (Å²) < 4.78 is 0. The molecule has 0 bridgehead atoms. The summed E-state index contributed by atoms with van der Waals surface area (Å²) in [6, 6.07) is 14.3. The van der Waals surface area contributed by atoms with Crippen molar-refractivity contribution in [1.82, 2.24) is 0 Å². The van der Waals surface area contributed by atoms with Crippen LogP contribution in [0.15, 0.2) is 48.5 Å². The Hall–Kier alpha value is -4.28. The van der Waals surface area contributed by atoms with Gasteiger partial charge in [-0.15, -0.1) is 0 Å². The maximum Gasteiger partial charge on any atom is 0.153 e. The molecule has 4 nitrogen and oxygen atoms in total. The summed E-state index contributed by atoms with van der Waals surface area (Å²) in [4.78, 5) is 22.8. The first kappa shape index (κ1) is 26.3. The van der Waals surface area contributed by atoms with E-state index in [1.165, 1.54) is 0 Å². The van der Waals surface area contributed by atoms with Crippen molar-refractivity contribution in [3.63, 3.8) is 0 Å². The van der Waals surface area contributed by atoms with Crippen LogP contribution in [0.2, 0.25) is 0 Å². The van der Waals surface area contributed by atoms with Crippen LogP contribution in [0.25, 0.3) is 0 Å². The molecular formula is C32H30O4. The maximum atomic E-state index is 11.4. The first-order chi connectivity index (χ1) is 17.3. The monoisotopic (exact) mass is 478 g/mol. The Balaban J connectivity index is 1.86. The number of carbonyl (C=O) groups is 2. The average Bonchev–Trinajstić information content (AvgIpc) is 2.91. The van der Waals surface area contributed by atoms with Crippen molar-refractivity contribution in [3.05, 3.63) is 93.0 Å². The normalized spacial score (nSPS) is 11.9. The fourth-order valence-corrected chi connectivity index (χ4v) is 3.80. The number of phenols is 2. The molecule has 3 rings (SSSR count). The molecule has 0 unspecified atom stereocenters. The van der Waals surface area contributed by atoms with Gasteiger partial charge in [0.2, 0.25) is 0 Å². The van der Waals surface area contributed by atoms with Crippen molar-refractivity contribution in [2.45, 2.75) is 52.4 Å². The second kappa shape index (κ2) is 11.9. The predicted molar refractivity (Wildman–Crippen MR) is 143 cm³/mol. The van der Waals surface area contributed by atoms with E-state index < -0.39 is 0 Å². The SMILES string of the molecule is CC[C@H](C)c1cc(C#Cc2ccc(C#Cc3cc(C=O)c(O)c([C@@H](C)CC)c3)cc2)cc(C=O)c1O. The van der Waals surface area contributed by atoms with Crippen LogP contribution < -0.4 is 0 Å². The van der Waals surface area contributed by atoms with Gasteiger partial charge < -0.3 is 10.2 Å². The highest BCUT2D eigenvalue weighted by Gasteiger charge is 2.14. The van der Waals surface area contributed by atoms with Crippen LogP contribution in [0.1, 0.15) is 106 Å². The number of phenolic OH excluding ortho intramolecular Hbond substituents is 2. The van der Waals surface area contributed by atoms with Crippen molar-refractivity contribution in [2.24, 2.45) is 0 Å². The van der Waals surface area contributed by atoms with Crippen molar-refractivity contribution in [2.75, 3.05) is 0 Å². The molecular weight excluding hydrogens is 448 g/mol. The van der Waals surface area contributed by atoms with Gasteiger partial charge in [0.25, 0.3) is 0 Å². The van der Waals surface area contributed by atoms with Crippen molar-refractivity contribution in [1.29, 1.82) is 0 Å². The minimum atomic E-state index is 0.0259. The largest absolute Gasteiger partial charge is 0.507 e. The minimum Gasteiger partial charge on any atom is -0.507 e. The highest BCUT2D eigenvalue weighted by atomic mass is 16.3. The molecule has 0 radical (unpaired) electrons. The zero-order valence-electron chi connectivity index (χ0n) is 21.1. The van der Waals surface area contributed by atoms with Gasteiger partial charge in [0.05, 0.1) is 11.1 Å². The fourth-order valence-electron chi connectivity index (χ4n) is 3.80. The summed E-state index contributed by atoms with van der Waals surface area (Å²) in [5, 5.41) is 20.7. The third kappa shape index (κ3) is 6.04. The van der Waals surface area contributed by atoms with Gasteiger partial charge in [-0.2, -0.15) is 0 Å². The molecule has 0 saturated carbocycles. The van der Waals surface area contributed by atoms with Gasteiger partial charge in [-0.3, -0.25) is 9.59 Å². The number of aromatic hydroxyl groups is 2. The number of rotatable bonds is 6. The van der Waals surface area contributed by atoms with Crippen LogP contribution in [0, 0.1) is 23.7 Å². The zero-order valence-corrected chi connectivity index (χ0v) is 21.1. The van der Waals surface area contributed by atoms with E-state index in [4.69, 9.17) is 0 Å². The van der Waals surface area contributed by atoms with Crippen LogP contribution in [-0.2, 0) is 0 Å². The first-order valence-corrected chi connectivity index (χ1v) is 12.1. The number of benzene rings is 3. The highest BCUT2D eigenvalue weighted by molar-refractivity contribution is 5.82. The van der Waals surface area contributed by atoms with E-state index in [0.29, 0.717) is 23.7 Å². The molecule has 0 aliphatic rings. The van der Waals surface area contributed by atoms with Gasteiger partial charge in [-0.1, -0.05) is 51.4 Å². The fraction of sp³-hybridized carbons (Fsp3) is 0.250. The quantitative estimate of drug-likeness (QED) is 0.311. The van der Waals surface area contributed by atoms with E-state index in [-0.39, 0.29) is 34.5 Å². The van der Waals surface area contributed by atoms with E-state index in [2.05, 4.69) is 23.7 Å². The molecule has 0 amide bonds. The molecule has 0 heterocycles. The number of aldehydes is 2. The van der Waals surface area contributed by atoms with Crippen LogP contribution in [0.5, 0.6) is 11.5 Å². The van der Waals surface area contributed by atoms with Gasteiger partial charge in [0, 0.05) is 22.3 Å². The van der Waals surface area contributed by atoms with E-state index in [9.17, 15) is 19.8 Å². The van der Waals surface area contributed by atoms with Crippen LogP contribution in [-0.4, -0.2) is 22.8 Å². The second-order valence-corrected chi connectivity index (χ2v) is 8.94. The summed E-state index contributed by atoms with van der Waals surface area (Å²) in [6.07, 6.45) is 2.98. The number of hydrogen-bond donors (Lipinski definition) is 2. The molecule has 0 aliphatic carbocycles. The summed E-state index contributed by atoms with van der Waals surface area (Å²) >= 11 is 0. The van der Waals surface area contributed by atoms with Crippen molar-refractivity contribution >= 4 is 12.6 Å².